The predicted octanol–water partition coefficient (Wildman–Crippen LogP) is 2.86. The molecule has 0 amide bonds. The van der Waals surface area contributed by atoms with Crippen LogP contribution in [0.25, 0.3) is 0 Å². The van der Waals surface area contributed by atoms with Crippen molar-refractivity contribution in [1.29, 1.82) is 0 Å². The predicted molar refractivity (Wildman–Crippen MR) is 89.1 cm³/mol. The molecule has 1 saturated carbocycles. The molecule has 0 atom stereocenters. The number of rotatable bonds is 6. The minimum absolute atomic E-state index is 0.0424. The average Bonchev–Trinajstić information content (AvgIpc) is 3.18. The number of hydrogen-bond donors (Lipinski definition) is 2. The van der Waals surface area contributed by atoms with E-state index in [-0.39, 0.29) is 11.2 Å². The lowest BCUT2D eigenvalue weighted by atomic mass is 9.96. The molecule has 122 valence electrons. The molecule has 0 radical (unpaired) electrons. The summed E-state index contributed by atoms with van der Waals surface area (Å²) in [6.45, 7) is 1.51. The van der Waals surface area contributed by atoms with Gasteiger partial charge in [-0.1, -0.05) is 12.1 Å². The van der Waals surface area contributed by atoms with Gasteiger partial charge in [-0.2, -0.15) is 0 Å². The normalized spacial score (nSPS) is 16.2. The molecule has 1 aliphatic carbocycles. The molecule has 1 heterocycles. The average molecular weight is 315 g/mol. The number of guanidine groups is 1. The summed E-state index contributed by atoms with van der Waals surface area (Å²) in [5.41, 5.74) is 1.11. The molecule has 23 heavy (non-hydrogen) atoms. The van der Waals surface area contributed by atoms with Gasteiger partial charge in [0.05, 0.1) is 6.26 Å². The van der Waals surface area contributed by atoms with E-state index in [0.29, 0.717) is 0 Å². The first-order chi connectivity index (χ1) is 11.2. The zero-order valence-corrected chi connectivity index (χ0v) is 13.3. The lowest BCUT2D eigenvalue weighted by molar-refractivity contribution is 0.506. The second kappa shape index (κ2) is 6.86. The Morgan fingerprint density at radius 2 is 2.13 bits per heavy atom. The Bertz CT molecular complexity index is 663. The minimum Gasteiger partial charge on any atom is -0.469 e. The topological polar surface area (TPSA) is 49.6 Å². The molecule has 1 aliphatic rings. The molecule has 3 rings (SSSR count). The van der Waals surface area contributed by atoms with Gasteiger partial charge in [0, 0.05) is 32.0 Å². The van der Waals surface area contributed by atoms with Crippen LogP contribution in [0.5, 0.6) is 0 Å². The van der Waals surface area contributed by atoms with Crippen molar-refractivity contribution in [2.45, 2.75) is 24.7 Å². The summed E-state index contributed by atoms with van der Waals surface area (Å²) < 4.78 is 18.7. The van der Waals surface area contributed by atoms with Gasteiger partial charge in [0.15, 0.2) is 5.96 Å². The second-order valence-electron chi connectivity index (χ2n) is 5.97. The first-order valence-corrected chi connectivity index (χ1v) is 7.95. The van der Waals surface area contributed by atoms with Crippen molar-refractivity contribution in [2.24, 2.45) is 4.99 Å². The van der Waals surface area contributed by atoms with E-state index in [1.165, 1.54) is 6.07 Å². The number of nitrogens with zero attached hydrogens (tertiary/aromatic N) is 1. The molecule has 2 N–H and O–H groups in total. The standard InChI is InChI=1S/C18H22FN3O/c1-20-17(21-10-7-16-6-3-11-23-16)22-13-18(8-9-18)14-4-2-5-15(19)12-14/h2-6,11-12H,7-10,13H2,1H3,(H2,20,21,22). The zero-order valence-electron chi connectivity index (χ0n) is 13.3. The lowest BCUT2D eigenvalue weighted by Gasteiger charge is -2.19. The number of benzene rings is 1. The van der Waals surface area contributed by atoms with Crippen molar-refractivity contribution in [3.8, 4) is 0 Å². The molecule has 1 fully saturated rings. The summed E-state index contributed by atoms with van der Waals surface area (Å²) in [5.74, 6) is 1.54. The highest BCUT2D eigenvalue weighted by Gasteiger charge is 2.44. The van der Waals surface area contributed by atoms with Crippen molar-refractivity contribution in [2.75, 3.05) is 20.1 Å². The lowest BCUT2D eigenvalue weighted by Crippen LogP contribution is -2.41. The summed E-state index contributed by atoms with van der Waals surface area (Å²) >= 11 is 0. The van der Waals surface area contributed by atoms with E-state index in [2.05, 4.69) is 15.6 Å². The van der Waals surface area contributed by atoms with Gasteiger partial charge in [0.2, 0.25) is 0 Å². The molecular weight excluding hydrogens is 293 g/mol. The zero-order chi connectivity index (χ0) is 16.1. The van der Waals surface area contributed by atoms with E-state index >= 15 is 0 Å². The van der Waals surface area contributed by atoms with Crippen LogP contribution in [0.3, 0.4) is 0 Å². The van der Waals surface area contributed by atoms with Crippen LogP contribution in [0.15, 0.2) is 52.1 Å². The number of furan rings is 1. The van der Waals surface area contributed by atoms with E-state index < -0.39 is 0 Å². The maximum atomic E-state index is 13.4. The molecule has 5 heteroatoms. The Morgan fingerprint density at radius 3 is 2.78 bits per heavy atom. The smallest absolute Gasteiger partial charge is 0.191 e. The van der Waals surface area contributed by atoms with Crippen LogP contribution < -0.4 is 10.6 Å². The molecular formula is C18H22FN3O. The van der Waals surface area contributed by atoms with Crippen molar-refractivity contribution in [1.82, 2.24) is 10.6 Å². The van der Waals surface area contributed by atoms with Gasteiger partial charge >= 0.3 is 0 Å². The number of nitrogens with one attached hydrogen (secondary N) is 2. The molecule has 0 saturated heterocycles. The van der Waals surface area contributed by atoms with Gasteiger partial charge in [-0.05, 0) is 42.7 Å². The Morgan fingerprint density at radius 1 is 1.26 bits per heavy atom. The van der Waals surface area contributed by atoms with Crippen LogP contribution in [0.2, 0.25) is 0 Å². The second-order valence-corrected chi connectivity index (χ2v) is 5.97. The van der Waals surface area contributed by atoms with Crippen molar-refractivity contribution in [3.63, 3.8) is 0 Å². The Kier molecular flexibility index (Phi) is 4.65. The monoisotopic (exact) mass is 315 g/mol. The third kappa shape index (κ3) is 3.92. The Hall–Kier alpha value is -2.30. The van der Waals surface area contributed by atoms with Gasteiger partial charge in [-0.3, -0.25) is 4.99 Å². The molecule has 0 bridgehead atoms. The SMILES string of the molecule is CN=C(NCCc1ccco1)NCC1(c2cccc(F)c2)CC1. The largest absolute Gasteiger partial charge is 0.469 e. The van der Waals surface area contributed by atoms with Crippen molar-refractivity contribution >= 4 is 5.96 Å². The highest BCUT2D eigenvalue weighted by atomic mass is 19.1. The molecule has 4 nitrogen and oxygen atoms in total. The van der Waals surface area contributed by atoms with E-state index in [1.807, 2.05) is 18.2 Å². The highest BCUT2D eigenvalue weighted by Crippen LogP contribution is 2.47. The van der Waals surface area contributed by atoms with Gasteiger partial charge in [-0.15, -0.1) is 0 Å². The maximum Gasteiger partial charge on any atom is 0.191 e. The molecule has 0 unspecified atom stereocenters. The van der Waals surface area contributed by atoms with Crippen LogP contribution >= 0.6 is 0 Å². The number of hydrogen-bond acceptors (Lipinski definition) is 2. The van der Waals surface area contributed by atoms with Gasteiger partial charge < -0.3 is 15.1 Å². The van der Waals surface area contributed by atoms with E-state index in [1.54, 1.807) is 25.4 Å². The van der Waals surface area contributed by atoms with Crippen LogP contribution in [-0.2, 0) is 11.8 Å². The van der Waals surface area contributed by atoms with Crippen LogP contribution in [0.1, 0.15) is 24.2 Å². The van der Waals surface area contributed by atoms with E-state index in [4.69, 9.17) is 4.42 Å². The summed E-state index contributed by atoms with van der Waals surface area (Å²) in [4.78, 5) is 4.24. The third-order valence-corrected chi connectivity index (χ3v) is 4.35. The number of halogens is 1. The summed E-state index contributed by atoms with van der Waals surface area (Å²) in [5, 5.41) is 6.63. The number of aliphatic imine (C=N–C) groups is 1. The molecule has 0 spiro atoms. The minimum atomic E-state index is -0.172. The van der Waals surface area contributed by atoms with Gasteiger partial charge in [0.25, 0.3) is 0 Å². The molecule has 1 aromatic carbocycles. The van der Waals surface area contributed by atoms with E-state index in [0.717, 1.165) is 49.6 Å². The first-order valence-electron chi connectivity index (χ1n) is 7.95. The van der Waals surface area contributed by atoms with Crippen molar-refractivity contribution in [3.05, 3.63) is 59.8 Å². The highest BCUT2D eigenvalue weighted by molar-refractivity contribution is 5.79. The Balaban J connectivity index is 1.50. The molecule has 1 aromatic heterocycles. The molecule has 0 aliphatic heterocycles. The van der Waals surface area contributed by atoms with E-state index in [9.17, 15) is 4.39 Å². The first kappa shape index (κ1) is 15.6. The maximum absolute atomic E-state index is 13.4. The van der Waals surface area contributed by atoms with Crippen molar-refractivity contribution < 1.29 is 8.81 Å². The van der Waals surface area contributed by atoms with Crippen LogP contribution in [-0.4, -0.2) is 26.1 Å². The third-order valence-electron chi connectivity index (χ3n) is 4.35. The van der Waals surface area contributed by atoms with Crippen LogP contribution in [0, 0.1) is 5.82 Å². The fourth-order valence-electron chi connectivity index (χ4n) is 2.77. The molecule has 2 aromatic rings. The summed E-state index contributed by atoms with van der Waals surface area (Å²) in [7, 11) is 1.75. The van der Waals surface area contributed by atoms with Gasteiger partial charge in [-0.25, -0.2) is 4.39 Å². The van der Waals surface area contributed by atoms with Crippen LogP contribution in [0.4, 0.5) is 4.39 Å². The summed E-state index contributed by atoms with van der Waals surface area (Å²) in [6, 6.07) is 10.8. The Labute approximate surface area is 135 Å². The summed E-state index contributed by atoms with van der Waals surface area (Å²) in [6.07, 6.45) is 4.64. The van der Waals surface area contributed by atoms with Gasteiger partial charge in [0.1, 0.15) is 11.6 Å². The fourth-order valence-corrected chi connectivity index (χ4v) is 2.77. The fraction of sp³-hybridized carbons (Fsp3) is 0.389. The quantitative estimate of drug-likeness (QED) is 0.636.